The molecule has 54 heavy (non-hydrogen) atoms. The first-order valence-electron chi connectivity index (χ1n) is 16.8. The van der Waals surface area contributed by atoms with Gasteiger partial charge in [0.05, 0.1) is 21.2 Å². The lowest BCUT2D eigenvalue weighted by Crippen LogP contribution is -2.33. The van der Waals surface area contributed by atoms with E-state index in [1.54, 1.807) is 106 Å². The molecule has 0 spiro atoms. The Morgan fingerprint density at radius 2 is 0.889 bits per heavy atom. The van der Waals surface area contributed by atoms with E-state index in [-0.39, 0.29) is 35.7 Å². The number of sulfonamides is 2. The van der Waals surface area contributed by atoms with Gasteiger partial charge in [-0.2, -0.15) is 19.2 Å². The van der Waals surface area contributed by atoms with E-state index in [4.69, 9.17) is 10.2 Å². The van der Waals surface area contributed by atoms with Crippen molar-refractivity contribution in [2.24, 2.45) is 0 Å². The highest BCUT2D eigenvalue weighted by molar-refractivity contribution is 7.93. The lowest BCUT2D eigenvalue weighted by atomic mass is 10.2. The van der Waals surface area contributed by atoms with Gasteiger partial charge < -0.3 is 0 Å². The summed E-state index contributed by atoms with van der Waals surface area (Å²) < 4.78 is 61.3. The van der Waals surface area contributed by atoms with Gasteiger partial charge in [0.1, 0.15) is 0 Å². The lowest BCUT2D eigenvalue weighted by Gasteiger charge is -2.24. The van der Waals surface area contributed by atoms with Gasteiger partial charge in [-0.25, -0.2) is 16.8 Å². The molecule has 4 heterocycles. The summed E-state index contributed by atoms with van der Waals surface area (Å²) in [5.41, 5.74) is 3.00. The summed E-state index contributed by atoms with van der Waals surface area (Å²) in [5, 5.41) is 27.9. The number of hydrogen-bond donors (Lipinski definition) is 0. The number of fused-ring (bicyclic) bond motifs is 2. The van der Waals surface area contributed by atoms with Crippen molar-refractivity contribution in [1.29, 1.82) is 0 Å². The van der Waals surface area contributed by atoms with Crippen LogP contribution in [0.3, 0.4) is 0 Å². The maximum atomic E-state index is 13.8. The van der Waals surface area contributed by atoms with Crippen molar-refractivity contribution in [3.8, 4) is 10.0 Å². The van der Waals surface area contributed by atoms with Gasteiger partial charge in [0.25, 0.3) is 20.0 Å². The number of para-hydroxylation sites is 2. The molecule has 4 aromatic carbocycles. The summed E-state index contributed by atoms with van der Waals surface area (Å²) in [7, 11) is -7.76. The van der Waals surface area contributed by atoms with Crippen LogP contribution in [-0.2, 0) is 32.9 Å². The van der Waals surface area contributed by atoms with E-state index < -0.39 is 20.0 Å². The Kier molecular flexibility index (Phi) is 9.43. The Morgan fingerprint density at radius 3 is 1.26 bits per heavy atom. The molecule has 8 rings (SSSR count). The fourth-order valence-corrected chi connectivity index (χ4v) is 10.5. The molecule has 8 aromatic rings. The van der Waals surface area contributed by atoms with Crippen LogP contribution in [0.2, 0.25) is 0 Å². The maximum absolute atomic E-state index is 13.8. The molecule has 0 radical (unpaired) electrons. The Morgan fingerprint density at radius 1 is 0.519 bits per heavy atom. The number of nitrogens with zero attached hydrogens (tertiary/aromatic N) is 10. The minimum Gasteiger partial charge on any atom is -0.266 e. The molecule has 0 aliphatic carbocycles. The molecule has 14 nitrogen and oxygen atoms in total. The minimum atomic E-state index is -3.88. The summed E-state index contributed by atoms with van der Waals surface area (Å²) in [6.45, 7) is 4.03. The van der Waals surface area contributed by atoms with E-state index in [9.17, 15) is 16.8 Å². The highest BCUT2D eigenvalue weighted by Crippen LogP contribution is 2.31. The second kappa shape index (κ2) is 14.3. The van der Waals surface area contributed by atoms with Crippen LogP contribution in [-0.4, -0.2) is 69.5 Å². The maximum Gasteiger partial charge on any atom is 0.264 e. The molecule has 274 valence electrons. The van der Waals surface area contributed by atoms with Crippen molar-refractivity contribution in [3.05, 3.63) is 132 Å². The van der Waals surface area contributed by atoms with Crippen LogP contribution in [0, 0.1) is 13.8 Å². The van der Waals surface area contributed by atoms with E-state index in [1.807, 2.05) is 26.0 Å². The van der Waals surface area contributed by atoms with Crippen LogP contribution >= 0.6 is 22.7 Å². The normalized spacial score (nSPS) is 12.1. The van der Waals surface area contributed by atoms with Gasteiger partial charge in [0, 0.05) is 25.9 Å². The molecule has 4 aromatic heterocycles. The molecule has 18 heteroatoms. The first-order valence-corrected chi connectivity index (χ1v) is 21.3. The fraction of sp³-hybridized carbons (Fsp3) is 0.167. The number of benzene rings is 4. The topological polar surface area (TPSA) is 161 Å². The van der Waals surface area contributed by atoms with Crippen molar-refractivity contribution in [1.82, 2.24) is 39.6 Å². The van der Waals surface area contributed by atoms with Gasteiger partial charge >= 0.3 is 0 Å². The molecule has 0 fully saturated rings. The molecule has 0 atom stereocenters. The third-order valence-corrected chi connectivity index (χ3v) is 14.3. The molecule has 0 saturated carbocycles. The van der Waals surface area contributed by atoms with E-state index in [0.717, 1.165) is 11.1 Å². The fourth-order valence-electron chi connectivity index (χ4n) is 5.84. The number of aryl methyl sites for hydroxylation is 2. The number of aromatic nitrogens is 8. The van der Waals surface area contributed by atoms with Crippen molar-refractivity contribution >= 4 is 64.0 Å². The quantitative estimate of drug-likeness (QED) is 0.139. The predicted molar refractivity (Wildman–Crippen MR) is 208 cm³/mol. The van der Waals surface area contributed by atoms with Crippen LogP contribution in [0.5, 0.6) is 0 Å². The van der Waals surface area contributed by atoms with Crippen molar-refractivity contribution < 1.29 is 16.8 Å². The van der Waals surface area contributed by atoms with E-state index in [2.05, 4.69) is 20.4 Å². The molecule has 0 N–H and O–H groups in total. The van der Waals surface area contributed by atoms with Gasteiger partial charge in [-0.3, -0.25) is 8.61 Å². The standard InChI is InChI=1S/C36H32N10O4S4/c1-25-13-17-29(18-14-25)53(47,48)43(27-9-5-3-6-10-27)23-21-31-37-39-35-45(31)41-33(51-35)34-42-46-32(38-40-36(46)52-34)22-24-44(28-11-7-4-8-12-28)54(49,50)30-19-15-26(2)16-20-30/h3-20H,21-24H2,1-2H3. The van der Waals surface area contributed by atoms with Crippen LogP contribution in [0.1, 0.15) is 22.8 Å². The third kappa shape index (κ3) is 6.84. The smallest absolute Gasteiger partial charge is 0.264 e. The van der Waals surface area contributed by atoms with Crippen molar-refractivity contribution in [3.63, 3.8) is 0 Å². The zero-order valence-corrected chi connectivity index (χ0v) is 32.2. The lowest BCUT2D eigenvalue weighted by molar-refractivity contribution is 0.588. The Balaban J connectivity index is 1.03. The van der Waals surface area contributed by atoms with Gasteiger partial charge in [-0.15, -0.1) is 20.4 Å². The van der Waals surface area contributed by atoms with Gasteiger partial charge in [-0.1, -0.05) is 94.5 Å². The van der Waals surface area contributed by atoms with Gasteiger partial charge in [-0.05, 0) is 62.4 Å². The van der Waals surface area contributed by atoms with Crippen LogP contribution < -0.4 is 8.61 Å². The highest BCUT2D eigenvalue weighted by Gasteiger charge is 2.28. The van der Waals surface area contributed by atoms with Crippen molar-refractivity contribution in [2.75, 3.05) is 21.7 Å². The van der Waals surface area contributed by atoms with Crippen LogP contribution in [0.25, 0.3) is 19.9 Å². The van der Waals surface area contributed by atoms with Crippen molar-refractivity contribution in [2.45, 2.75) is 36.5 Å². The molecule has 0 amide bonds. The Hall–Kier alpha value is -5.56. The number of anilines is 2. The summed E-state index contributed by atoms with van der Waals surface area (Å²) in [6, 6.07) is 31.5. The van der Waals surface area contributed by atoms with E-state index in [1.165, 1.54) is 31.3 Å². The average Bonchev–Trinajstić information content (AvgIpc) is 3.96. The van der Waals surface area contributed by atoms with E-state index in [0.29, 0.717) is 43.0 Å². The molecular formula is C36H32N10O4S4. The summed E-state index contributed by atoms with van der Waals surface area (Å²) >= 11 is 2.59. The molecule has 0 aliphatic rings. The summed E-state index contributed by atoms with van der Waals surface area (Å²) in [6.07, 6.45) is 0.478. The first kappa shape index (κ1) is 35.5. The molecule has 0 aliphatic heterocycles. The zero-order chi connectivity index (χ0) is 37.5. The third-order valence-electron chi connectivity index (χ3n) is 8.68. The number of rotatable bonds is 13. The minimum absolute atomic E-state index is 0.105. The largest absolute Gasteiger partial charge is 0.266 e. The summed E-state index contributed by atoms with van der Waals surface area (Å²) in [5.74, 6) is 0.985. The van der Waals surface area contributed by atoms with Gasteiger partial charge in [0.2, 0.25) is 9.92 Å². The zero-order valence-electron chi connectivity index (χ0n) is 29.0. The van der Waals surface area contributed by atoms with Gasteiger partial charge in [0.15, 0.2) is 21.7 Å². The molecule has 0 unspecified atom stereocenters. The Labute approximate surface area is 319 Å². The average molecular weight is 797 g/mol. The highest BCUT2D eigenvalue weighted by atomic mass is 32.2. The summed E-state index contributed by atoms with van der Waals surface area (Å²) in [4.78, 5) is 1.45. The Bertz CT molecular complexity index is 2590. The SMILES string of the molecule is Cc1ccc(S(=O)(=O)N(CCc2nnc3sc(-c4nn5c(CCN(c6ccccc6)S(=O)(=O)c6ccc(C)cc6)nnc5s4)nn23)c2ccccc2)cc1. The molecule has 0 saturated heterocycles. The monoisotopic (exact) mass is 796 g/mol. The second-order valence-corrected chi connectivity index (χ2v) is 18.0. The number of hydrogen-bond acceptors (Lipinski definition) is 12. The van der Waals surface area contributed by atoms with E-state index >= 15 is 0 Å². The van der Waals surface area contributed by atoms with Crippen LogP contribution in [0.15, 0.2) is 119 Å². The first-order chi connectivity index (χ1) is 26.1. The molecule has 0 bridgehead atoms. The predicted octanol–water partition coefficient (Wildman–Crippen LogP) is 5.84. The van der Waals surface area contributed by atoms with Crippen LogP contribution in [0.4, 0.5) is 11.4 Å². The second-order valence-electron chi connectivity index (χ2n) is 12.4. The molecular weight excluding hydrogens is 765 g/mol.